The zero-order valence-electron chi connectivity index (χ0n) is 11.2. The van der Waals surface area contributed by atoms with Gasteiger partial charge in [-0.2, -0.15) is 13.2 Å². The average molecular weight is 325 g/mol. The first-order valence-corrected chi connectivity index (χ1v) is 6.24. The van der Waals surface area contributed by atoms with Crippen LogP contribution in [0.5, 0.6) is 0 Å². The first-order chi connectivity index (χ1) is 10.9. The molecular weight excluding hydrogens is 318 g/mol. The molecule has 0 radical (unpaired) electrons. The maximum atomic E-state index is 13.5. The fraction of sp³-hybridized carbons (Fsp3) is 0.0714. The van der Waals surface area contributed by atoms with Crippen LogP contribution >= 0.6 is 0 Å². The van der Waals surface area contributed by atoms with Gasteiger partial charge in [-0.1, -0.05) is 6.07 Å². The molecule has 9 heteroatoms. The van der Waals surface area contributed by atoms with E-state index in [-0.39, 0.29) is 22.4 Å². The van der Waals surface area contributed by atoms with Crippen LogP contribution in [0.25, 0.3) is 11.1 Å². The summed E-state index contributed by atoms with van der Waals surface area (Å²) in [6.07, 6.45) is -2.68. The summed E-state index contributed by atoms with van der Waals surface area (Å²) in [5, 5.41) is 2.31. The fourth-order valence-electron chi connectivity index (χ4n) is 1.92. The lowest BCUT2D eigenvalue weighted by Crippen LogP contribution is -2.14. The van der Waals surface area contributed by atoms with Gasteiger partial charge >= 0.3 is 12.1 Å². The average Bonchev–Trinajstić information content (AvgIpc) is 2.93. The molecule has 1 amide bonds. The normalized spacial score (nSPS) is 11.7. The minimum Gasteiger partial charge on any atom is -0.433 e. The first-order valence-electron chi connectivity index (χ1n) is 6.24. The molecule has 1 aromatic carbocycles. The molecule has 2 heterocycles. The Balaban J connectivity index is 1.99. The number of nitrogens with zero attached hydrogens (tertiary/aromatic N) is 2. The molecule has 0 spiro atoms. The number of hydrogen-bond acceptors (Lipinski definition) is 4. The number of oxazole rings is 1. The largest absolute Gasteiger partial charge is 0.468 e. The lowest BCUT2D eigenvalue weighted by Gasteiger charge is -2.05. The summed E-state index contributed by atoms with van der Waals surface area (Å²) in [6.45, 7) is 0. The molecule has 0 aliphatic rings. The second-order valence-electron chi connectivity index (χ2n) is 4.48. The number of alkyl halides is 3. The third-order valence-electron chi connectivity index (χ3n) is 2.93. The first kappa shape index (κ1) is 14.9. The molecule has 118 valence electrons. The molecule has 0 bridgehead atoms. The quantitative estimate of drug-likeness (QED) is 0.731. The predicted molar refractivity (Wildman–Crippen MR) is 71.2 cm³/mol. The molecular formula is C14H7F4N3O2. The van der Waals surface area contributed by atoms with Gasteiger partial charge in [0.05, 0.1) is 17.4 Å². The van der Waals surface area contributed by atoms with Crippen molar-refractivity contribution in [2.24, 2.45) is 0 Å². The van der Waals surface area contributed by atoms with Crippen molar-refractivity contribution >= 4 is 22.7 Å². The summed E-state index contributed by atoms with van der Waals surface area (Å²) in [6, 6.07) is 5.14. The zero-order valence-corrected chi connectivity index (χ0v) is 11.2. The van der Waals surface area contributed by atoms with Crippen LogP contribution < -0.4 is 5.32 Å². The van der Waals surface area contributed by atoms with E-state index in [2.05, 4.69) is 19.7 Å². The van der Waals surface area contributed by atoms with Crippen LogP contribution in [0.1, 0.15) is 16.2 Å². The van der Waals surface area contributed by atoms with Crippen molar-refractivity contribution in [2.45, 2.75) is 6.18 Å². The Labute approximate surface area is 126 Å². The van der Waals surface area contributed by atoms with Crippen LogP contribution in [-0.2, 0) is 6.18 Å². The second kappa shape index (κ2) is 5.34. The summed E-state index contributed by atoms with van der Waals surface area (Å²) < 4.78 is 56.0. The number of nitrogens with one attached hydrogen (secondary N) is 1. The minimum atomic E-state index is -4.75. The molecule has 0 unspecified atom stereocenters. The van der Waals surface area contributed by atoms with Gasteiger partial charge in [-0.15, -0.1) is 0 Å². The zero-order chi connectivity index (χ0) is 16.6. The van der Waals surface area contributed by atoms with Crippen molar-refractivity contribution in [3.8, 4) is 0 Å². The van der Waals surface area contributed by atoms with Gasteiger partial charge in [0.2, 0.25) is 0 Å². The number of halogens is 4. The van der Waals surface area contributed by atoms with E-state index in [9.17, 15) is 22.4 Å². The van der Waals surface area contributed by atoms with Gasteiger partial charge in [0.15, 0.2) is 11.4 Å². The minimum absolute atomic E-state index is 0.0250. The highest BCUT2D eigenvalue weighted by Crippen LogP contribution is 2.33. The SMILES string of the molecule is O=C(Nc1cccc2oc(C(F)(F)F)nc12)c1ccncc1F. The van der Waals surface area contributed by atoms with Crippen LogP contribution in [0.4, 0.5) is 23.2 Å². The molecule has 0 aliphatic heterocycles. The summed E-state index contributed by atoms with van der Waals surface area (Å²) >= 11 is 0. The number of benzene rings is 1. The van der Waals surface area contributed by atoms with Crippen LogP contribution in [-0.4, -0.2) is 15.9 Å². The number of carbonyl (C=O) groups is 1. The van der Waals surface area contributed by atoms with Crippen LogP contribution in [0.2, 0.25) is 0 Å². The van der Waals surface area contributed by atoms with Crippen LogP contribution in [0, 0.1) is 5.82 Å². The molecule has 2 aromatic heterocycles. The van der Waals surface area contributed by atoms with E-state index < -0.39 is 23.8 Å². The maximum absolute atomic E-state index is 13.5. The van der Waals surface area contributed by atoms with Crippen molar-refractivity contribution in [1.82, 2.24) is 9.97 Å². The Hall–Kier alpha value is -2.97. The third kappa shape index (κ3) is 2.85. The molecule has 0 saturated carbocycles. The van der Waals surface area contributed by atoms with Crippen molar-refractivity contribution in [3.05, 3.63) is 53.9 Å². The summed E-state index contributed by atoms with van der Waals surface area (Å²) in [7, 11) is 0. The Bertz CT molecular complexity index is 889. The summed E-state index contributed by atoms with van der Waals surface area (Å²) in [5.41, 5.74) is -0.646. The van der Waals surface area contributed by atoms with E-state index in [4.69, 9.17) is 0 Å². The molecule has 23 heavy (non-hydrogen) atoms. The third-order valence-corrected chi connectivity index (χ3v) is 2.93. The van der Waals surface area contributed by atoms with Crippen molar-refractivity contribution in [1.29, 1.82) is 0 Å². The van der Waals surface area contributed by atoms with E-state index in [1.807, 2.05) is 0 Å². The van der Waals surface area contributed by atoms with Gasteiger partial charge in [0.25, 0.3) is 5.91 Å². The van der Waals surface area contributed by atoms with E-state index >= 15 is 0 Å². The number of aromatic nitrogens is 2. The standard InChI is InChI=1S/C14H7F4N3O2/c15-8-6-19-5-4-7(8)12(22)20-9-2-1-3-10-11(9)21-13(23-10)14(16,17)18/h1-6H,(H,20,22). The monoisotopic (exact) mass is 325 g/mol. The molecule has 1 N–H and O–H groups in total. The number of pyridine rings is 1. The van der Waals surface area contributed by atoms with Crippen molar-refractivity contribution in [3.63, 3.8) is 0 Å². The Morgan fingerprint density at radius 1 is 1.22 bits per heavy atom. The van der Waals surface area contributed by atoms with Crippen LogP contribution in [0.3, 0.4) is 0 Å². The smallest absolute Gasteiger partial charge is 0.433 e. The van der Waals surface area contributed by atoms with Gasteiger partial charge in [0, 0.05) is 6.20 Å². The highest BCUT2D eigenvalue weighted by Gasteiger charge is 2.37. The Kier molecular flexibility index (Phi) is 3.47. The topological polar surface area (TPSA) is 68.0 Å². The van der Waals surface area contributed by atoms with Gasteiger partial charge in [-0.25, -0.2) is 9.37 Å². The molecule has 3 rings (SSSR count). The van der Waals surface area contributed by atoms with Gasteiger partial charge in [-0.05, 0) is 18.2 Å². The molecule has 0 saturated heterocycles. The number of anilines is 1. The summed E-state index contributed by atoms with van der Waals surface area (Å²) in [4.78, 5) is 18.9. The number of rotatable bonds is 2. The number of fused-ring (bicyclic) bond motifs is 1. The van der Waals surface area contributed by atoms with Gasteiger partial charge < -0.3 is 9.73 Å². The molecule has 5 nitrogen and oxygen atoms in total. The summed E-state index contributed by atoms with van der Waals surface area (Å²) in [5.74, 6) is -3.12. The number of amides is 1. The van der Waals surface area contributed by atoms with E-state index in [0.717, 1.165) is 12.3 Å². The lowest BCUT2D eigenvalue weighted by atomic mass is 10.2. The molecule has 0 aliphatic carbocycles. The molecule has 3 aromatic rings. The predicted octanol–water partition coefficient (Wildman–Crippen LogP) is 3.63. The van der Waals surface area contributed by atoms with Gasteiger partial charge in [-0.3, -0.25) is 9.78 Å². The van der Waals surface area contributed by atoms with E-state index in [0.29, 0.717) is 0 Å². The van der Waals surface area contributed by atoms with E-state index in [1.54, 1.807) is 0 Å². The highest BCUT2D eigenvalue weighted by atomic mass is 19.4. The number of carbonyl (C=O) groups excluding carboxylic acids is 1. The maximum Gasteiger partial charge on any atom is 0.468 e. The number of hydrogen-bond donors (Lipinski definition) is 1. The van der Waals surface area contributed by atoms with Gasteiger partial charge in [0.1, 0.15) is 5.52 Å². The molecule has 0 atom stereocenters. The Morgan fingerprint density at radius 3 is 2.70 bits per heavy atom. The van der Waals surface area contributed by atoms with Crippen molar-refractivity contribution < 1.29 is 26.8 Å². The second-order valence-corrected chi connectivity index (χ2v) is 4.48. The number of para-hydroxylation sites is 1. The lowest BCUT2D eigenvalue weighted by molar-refractivity contribution is -0.156. The van der Waals surface area contributed by atoms with E-state index in [1.165, 1.54) is 24.4 Å². The Morgan fingerprint density at radius 2 is 2.00 bits per heavy atom. The molecule has 0 fully saturated rings. The fourth-order valence-corrected chi connectivity index (χ4v) is 1.92. The van der Waals surface area contributed by atoms with Crippen LogP contribution in [0.15, 0.2) is 41.1 Å². The highest BCUT2D eigenvalue weighted by molar-refractivity contribution is 6.07. The van der Waals surface area contributed by atoms with Crippen molar-refractivity contribution in [2.75, 3.05) is 5.32 Å².